The van der Waals surface area contributed by atoms with Gasteiger partial charge in [0, 0.05) is 54.7 Å². The van der Waals surface area contributed by atoms with Gasteiger partial charge in [0.1, 0.15) is 15.6 Å². The van der Waals surface area contributed by atoms with E-state index < -0.39 is 30.0 Å². The summed E-state index contributed by atoms with van der Waals surface area (Å²) in [6, 6.07) is 26.8. The van der Waals surface area contributed by atoms with Gasteiger partial charge in [-0.3, -0.25) is 9.11 Å². The first-order valence-electron chi connectivity index (χ1n) is 20.0. The predicted molar refractivity (Wildman–Crippen MR) is 248 cm³/mol. The largest absolute Gasteiger partial charge is 0.378 e. The molecule has 336 valence electrons. The summed E-state index contributed by atoms with van der Waals surface area (Å²) in [7, 11) is -7.79. The summed E-state index contributed by atoms with van der Waals surface area (Å²) < 4.78 is 71.3. The number of likely N-dealkylation sites (N-methyl/N-ethyl adjacent to an activating group) is 1. The van der Waals surface area contributed by atoms with Crippen LogP contribution in [0.2, 0.25) is 0 Å². The van der Waals surface area contributed by atoms with Gasteiger partial charge in [0.2, 0.25) is 23.8 Å². The molecule has 0 spiro atoms. The fourth-order valence-corrected chi connectivity index (χ4v) is 7.58. The first kappa shape index (κ1) is 46.8. The van der Waals surface area contributed by atoms with Crippen molar-refractivity contribution in [2.75, 3.05) is 46.7 Å². The van der Waals surface area contributed by atoms with Crippen molar-refractivity contribution in [2.45, 2.75) is 54.7 Å². The van der Waals surface area contributed by atoms with E-state index in [9.17, 15) is 25.9 Å². The molecule has 0 fully saturated rings. The Morgan fingerprint density at radius 1 is 0.578 bits per heavy atom. The van der Waals surface area contributed by atoms with E-state index in [1.807, 2.05) is 81.6 Å². The molecule has 64 heavy (non-hydrogen) atoms. The molecule has 4 aromatic carbocycles. The highest BCUT2D eigenvalue weighted by Crippen LogP contribution is 2.28. The summed E-state index contributed by atoms with van der Waals surface area (Å²) in [6.07, 6.45) is 3.03. The van der Waals surface area contributed by atoms with Gasteiger partial charge in [-0.15, -0.1) is 0 Å². The molecule has 0 aliphatic rings. The molecule has 6 rings (SSSR count). The van der Waals surface area contributed by atoms with Crippen LogP contribution in [-0.4, -0.2) is 88.1 Å². The molecule has 22 heteroatoms. The van der Waals surface area contributed by atoms with Crippen LogP contribution < -0.4 is 43.4 Å². The Morgan fingerprint density at radius 3 is 1.61 bits per heavy atom. The van der Waals surface area contributed by atoms with Crippen LogP contribution in [0.1, 0.15) is 48.2 Å². The smallest absolute Gasteiger partial charge is 0.295 e. The fraction of sp³-hybridized carbons (Fsp3) is 0.238. The standard InChI is InChI=1S/C42H50N14O6S2/c1-26(43)23-47-39-52-37(22-34(45-3)28-10-6-4-7-11-28)51-38(53-39)25-46-32-18-16-29(35(20-32)63(57,58)59)14-15-30-17-19-33(21-36(30)64(60,61)62)50-42-55-40(48-24-27(2)44)54-41(56-42)49-31-12-8-5-9-13-31/h4-21,26-27,34,45-46H,22-25,43-44H2,1-3H3,(H,57,58,59)(H,60,61,62)(H,47,51,52,53)(H3,48,49,50,54,55,56)/b15-14+. The van der Waals surface area contributed by atoms with Crippen LogP contribution >= 0.6 is 0 Å². The average Bonchev–Trinajstić information content (AvgIpc) is 3.25. The lowest BCUT2D eigenvalue weighted by atomic mass is 10.0. The molecular weight excluding hydrogens is 861 g/mol. The van der Waals surface area contributed by atoms with Gasteiger partial charge < -0.3 is 43.4 Å². The predicted octanol–water partition coefficient (Wildman–Crippen LogP) is 4.84. The van der Waals surface area contributed by atoms with Crippen LogP contribution in [0.5, 0.6) is 0 Å². The van der Waals surface area contributed by atoms with Gasteiger partial charge in [0.05, 0.1) is 6.54 Å². The Bertz CT molecular complexity index is 2780. The monoisotopic (exact) mass is 910 g/mol. The Hall–Kier alpha value is -6.66. The molecule has 0 amide bonds. The normalized spacial score (nSPS) is 13.2. The van der Waals surface area contributed by atoms with Gasteiger partial charge in [0.15, 0.2) is 5.82 Å². The van der Waals surface area contributed by atoms with Crippen molar-refractivity contribution < 1.29 is 25.9 Å². The van der Waals surface area contributed by atoms with Crippen molar-refractivity contribution in [1.29, 1.82) is 0 Å². The summed E-state index contributed by atoms with van der Waals surface area (Å²) in [5, 5.41) is 18.6. The number of rotatable bonds is 21. The van der Waals surface area contributed by atoms with Gasteiger partial charge in [-0.25, -0.2) is 4.98 Å². The zero-order chi connectivity index (χ0) is 45.9. The van der Waals surface area contributed by atoms with Crippen molar-refractivity contribution in [3.05, 3.63) is 125 Å². The molecule has 2 aromatic heterocycles. The van der Waals surface area contributed by atoms with Crippen molar-refractivity contribution in [3.63, 3.8) is 0 Å². The third-order valence-corrected chi connectivity index (χ3v) is 11.0. The molecule has 12 N–H and O–H groups in total. The molecule has 0 saturated carbocycles. The first-order chi connectivity index (χ1) is 30.5. The number of anilines is 7. The lowest BCUT2D eigenvalue weighted by molar-refractivity contribution is 0.480. The summed E-state index contributed by atoms with van der Waals surface area (Å²) >= 11 is 0. The van der Waals surface area contributed by atoms with Crippen LogP contribution in [-0.2, 0) is 33.2 Å². The van der Waals surface area contributed by atoms with E-state index in [1.54, 1.807) is 6.07 Å². The highest BCUT2D eigenvalue weighted by atomic mass is 32.2. The Morgan fingerprint density at radius 2 is 1.06 bits per heavy atom. The fourth-order valence-electron chi connectivity index (χ4n) is 6.16. The van der Waals surface area contributed by atoms with Crippen LogP contribution in [0, 0.1) is 0 Å². The van der Waals surface area contributed by atoms with E-state index in [1.165, 1.54) is 42.5 Å². The maximum absolute atomic E-state index is 12.7. The van der Waals surface area contributed by atoms with Crippen LogP contribution in [0.25, 0.3) is 12.2 Å². The van der Waals surface area contributed by atoms with Crippen LogP contribution in [0.4, 0.5) is 40.9 Å². The molecule has 0 bridgehead atoms. The van der Waals surface area contributed by atoms with Crippen LogP contribution in [0.15, 0.2) is 107 Å². The second-order valence-electron chi connectivity index (χ2n) is 14.7. The summed E-state index contributed by atoms with van der Waals surface area (Å²) in [6.45, 7) is 4.46. The van der Waals surface area contributed by atoms with E-state index in [0.29, 0.717) is 48.5 Å². The van der Waals surface area contributed by atoms with Crippen molar-refractivity contribution in [3.8, 4) is 0 Å². The molecule has 0 aliphatic carbocycles. The molecule has 0 aliphatic heterocycles. The number of hydrogen-bond donors (Lipinski definition) is 10. The molecule has 2 heterocycles. The summed E-state index contributed by atoms with van der Waals surface area (Å²) in [5.74, 6) is 1.59. The number of para-hydroxylation sites is 1. The SMILES string of the molecule is CNC(Cc1nc(CNc2ccc(/C=C/c3ccc(Nc4nc(NCC(C)N)nc(Nc5ccccc5)n4)cc3S(=O)(=O)O)c(S(=O)(=O)O)c2)nc(NCC(C)N)n1)c1ccccc1. The van der Waals surface area contributed by atoms with Gasteiger partial charge in [-0.2, -0.15) is 41.8 Å². The molecule has 3 atom stereocenters. The van der Waals surface area contributed by atoms with Gasteiger partial charge >= 0.3 is 0 Å². The lowest BCUT2D eigenvalue weighted by Gasteiger charge is -2.17. The second kappa shape index (κ2) is 21.1. The molecule has 20 nitrogen and oxygen atoms in total. The summed E-state index contributed by atoms with van der Waals surface area (Å²) in [5.41, 5.74) is 14.1. The van der Waals surface area contributed by atoms with E-state index in [4.69, 9.17) is 11.5 Å². The highest BCUT2D eigenvalue weighted by Gasteiger charge is 2.20. The Balaban J connectivity index is 1.23. The van der Waals surface area contributed by atoms with Gasteiger partial charge in [0.25, 0.3) is 20.2 Å². The van der Waals surface area contributed by atoms with Crippen molar-refractivity contribution in [1.82, 2.24) is 35.2 Å². The maximum atomic E-state index is 12.7. The van der Waals surface area contributed by atoms with Crippen molar-refractivity contribution >= 4 is 73.2 Å². The van der Waals surface area contributed by atoms with Gasteiger partial charge in [-0.05, 0) is 74.0 Å². The summed E-state index contributed by atoms with van der Waals surface area (Å²) in [4.78, 5) is 26.0. The number of nitrogens with one attached hydrogen (secondary N) is 6. The van der Waals surface area contributed by atoms with Gasteiger partial charge in [-0.1, -0.05) is 72.8 Å². The third-order valence-electron chi connectivity index (χ3n) is 9.23. The molecule has 0 radical (unpaired) electrons. The molecule has 3 unspecified atom stereocenters. The zero-order valence-corrected chi connectivity index (χ0v) is 36.8. The lowest BCUT2D eigenvalue weighted by Crippen LogP contribution is -2.27. The number of hydrogen-bond acceptors (Lipinski definition) is 18. The zero-order valence-electron chi connectivity index (χ0n) is 35.1. The first-order valence-corrected chi connectivity index (χ1v) is 22.9. The molecule has 6 aromatic rings. The Kier molecular flexibility index (Phi) is 15.5. The number of nitrogens with two attached hydrogens (primary N) is 2. The van der Waals surface area contributed by atoms with E-state index in [0.717, 1.165) is 5.56 Å². The highest BCUT2D eigenvalue weighted by molar-refractivity contribution is 7.86. The van der Waals surface area contributed by atoms with E-state index in [2.05, 4.69) is 61.8 Å². The number of aromatic nitrogens is 6. The minimum atomic E-state index is -4.83. The molecular formula is C42H50N14O6S2. The molecule has 0 saturated heterocycles. The van der Waals surface area contributed by atoms with E-state index in [-0.39, 0.29) is 59.3 Å². The number of benzene rings is 4. The van der Waals surface area contributed by atoms with Crippen LogP contribution in [0.3, 0.4) is 0 Å². The second-order valence-corrected chi connectivity index (χ2v) is 17.5. The third kappa shape index (κ3) is 13.7. The Labute approximate surface area is 371 Å². The number of nitrogens with zero attached hydrogens (tertiary/aromatic N) is 6. The maximum Gasteiger partial charge on any atom is 0.295 e. The van der Waals surface area contributed by atoms with E-state index >= 15 is 0 Å². The minimum Gasteiger partial charge on any atom is -0.378 e. The topological polar surface area (TPSA) is 310 Å². The minimum absolute atomic E-state index is 0.00441. The van der Waals surface area contributed by atoms with Crippen molar-refractivity contribution in [2.24, 2.45) is 11.5 Å². The quantitative estimate of drug-likeness (QED) is 0.0341. The average molecular weight is 911 g/mol.